The molecule has 4 heteroatoms. The van der Waals surface area contributed by atoms with Crippen molar-refractivity contribution >= 4 is 5.84 Å². The molecule has 0 spiro atoms. The quantitative estimate of drug-likeness (QED) is 0.460. The maximum Gasteiger partial charge on any atom is 0.181 e. The molecule has 1 aromatic carbocycles. The third-order valence-corrected chi connectivity index (χ3v) is 1.44. The number of aromatic hydroxyl groups is 1. The van der Waals surface area contributed by atoms with Crippen molar-refractivity contribution in [2.75, 3.05) is 0 Å². The first-order valence-electron chi connectivity index (χ1n) is 3.38. The van der Waals surface area contributed by atoms with E-state index in [1.54, 1.807) is 0 Å². The summed E-state index contributed by atoms with van der Waals surface area (Å²) in [5, 5.41) is 15.8. The number of amidine groups is 1. The molecule has 4 N–H and O–H groups in total. The van der Waals surface area contributed by atoms with Crippen molar-refractivity contribution < 1.29 is 9.50 Å². The van der Waals surface area contributed by atoms with E-state index in [9.17, 15) is 4.39 Å². The first-order valence-corrected chi connectivity index (χ1v) is 3.38. The second-order valence-electron chi connectivity index (χ2n) is 2.41. The summed E-state index contributed by atoms with van der Waals surface area (Å²) >= 11 is 0. The topological polar surface area (TPSA) is 70.1 Å². The van der Waals surface area contributed by atoms with E-state index in [2.05, 4.69) is 0 Å². The molecule has 0 fully saturated rings. The van der Waals surface area contributed by atoms with E-state index in [0.717, 1.165) is 0 Å². The van der Waals surface area contributed by atoms with E-state index in [-0.39, 0.29) is 11.3 Å². The van der Waals surface area contributed by atoms with Crippen molar-refractivity contribution in [3.8, 4) is 5.75 Å². The number of nitrogens with two attached hydrogens (primary N) is 1. The van der Waals surface area contributed by atoms with Crippen molar-refractivity contribution in [3.05, 3.63) is 29.8 Å². The van der Waals surface area contributed by atoms with Gasteiger partial charge in [0.2, 0.25) is 0 Å². The normalized spacial score (nSPS) is 12.4. The predicted octanol–water partition coefficient (Wildman–Crippen LogP) is 1.34. The standard InChI is InChI=1S/C8H9FN2O/c9-7(8(10)11)5-2-1-3-6(12)4-5/h1-4,7,12H,(H3,10,11). The molecular formula is C8H9FN2O. The van der Waals surface area contributed by atoms with Crippen LogP contribution in [0.4, 0.5) is 4.39 Å². The highest BCUT2D eigenvalue weighted by Crippen LogP contribution is 2.20. The van der Waals surface area contributed by atoms with Gasteiger partial charge in [-0.1, -0.05) is 12.1 Å². The average molecular weight is 168 g/mol. The molecule has 0 radical (unpaired) electrons. The Balaban J connectivity index is 2.95. The third-order valence-electron chi connectivity index (χ3n) is 1.44. The van der Waals surface area contributed by atoms with E-state index < -0.39 is 12.0 Å². The minimum atomic E-state index is -1.63. The molecule has 0 saturated heterocycles. The van der Waals surface area contributed by atoms with E-state index in [1.807, 2.05) is 0 Å². The van der Waals surface area contributed by atoms with Crippen LogP contribution in [-0.4, -0.2) is 10.9 Å². The number of rotatable bonds is 2. The molecule has 0 aliphatic rings. The highest BCUT2D eigenvalue weighted by atomic mass is 19.1. The zero-order chi connectivity index (χ0) is 9.14. The van der Waals surface area contributed by atoms with Gasteiger partial charge in [-0.15, -0.1) is 0 Å². The third kappa shape index (κ3) is 1.72. The van der Waals surface area contributed by atoms with Crippen LogP contribution in [0.2, 0.25) is 0 Å². The number of nitrogens with one attached hydrogen (secondary N) is 1. The van der Waals surface area contributed by atoms with Crippen LogP contribution in [0.5, 0.6) is 5.75 Å². The average Bonchev–Trinajstić information content (AvgIpc) is 2.03. The summed E-state index contributed by atoms with van der Waals surface area (Å²) in [4.78, 5) is 0. The summed E-state index contributed by atoms with van der Waals surface area (Å²) < 4.78 is 13.0. The first kappa shape index (κ1) is 8.52. The molecule has 0 aliphatic heterocycles. The van der Waals surface area contributed by atoms with Crippen LogP contribution in [-0.2, 0) is 0 Å². The lowest BCUT2D eigenvalue weighted by Crippen LogP contribution is -2.16. The van der Waals surface area contributed by atoms with Crippen LogP contribution >= 0.6 is 0 Å². The van der Waals surface area contributed by atoms with Gasteiger partial charge < -0.3 is 10.8 Å². The second-order valence-corrected chi connectivity index (χ2v) is 2.41. The highest BCUT2D eigenvalue weighted by molar-refractivity contribution is 5.83. The van der Waals surface area contributed by atoms with Crippen LogP contribution in [0.15, 0.2) is 24.3 Å². The number of halogens is 1. The Kier molecular flexibility index (Phi) is 2.28. The van der Waals surface area contributed by atoms with Crippen LogP contribution in [0.1, 0.15) is 11.7 Å². The van der Waals surface area contributed by atoms with E-state index >= 15 is 0 Å². The molecule has 0 amide bonds. The summed E-state index contributed by atoms with van der Waals surface area (Å²) in [6.07, 6.45) is -1.63. The number of alkyl halides is 1. The monoisotopic (exact) mass is 168 g/mol. The molecule has 0 aromatic heterocycles. The molecule has 0 bridgehead atoms. The molecule has 64 valence electrons. The van der Waals surface area contributed by atoms with Gasteiger partial charge in [-0.3, -0.25) is 5.41 Å². The summed E-state index contributed by atoms with van der Waals surface area (Å²) in [6.45, 7) is 0. The number of phenols is 1. The van der Waals surface area contributed by atoms with Crippen molar-refractivity contribution in [1.29, 1.82) is 5.41 Å². The van der Waals surface area contributed by atoms with Crippen LogP contribution in [0.25, 0.3) is 0 Å². The van der Waals surface area contributed by atoms with Crippen LogP contribution in [0.3, 0.4) is 0 Å². The van der Waals surface area contributed by atoms with Gasteiger partial charge in [0.25, 0.3) is 0 Å². The predicted molar refractivity (Wildman–Crippen MR) is 43.9 cm³/mol. The summed E-state index contributed by atoms with van der Waals surface area (Å²) in [6, 6.07) is 5.63. The number of hydrogen-bond acceptors (Lipinski definition) is 2. The molecule has 1 unspecified atom stereocenters. The molecular weight excluding hydrogens is 159 g/mol. The fourth-order valence-electron chi connectivity index (χ4n) is 0.862. The lowest BCUT2D eigenvalue weighted by molar-refractivity contribution is 0.429. The van der Waals surface area contributed by atoms with Gasteiger partial charge in [-0.25, -0.2) is 4.39 Å². The molecule has 1 rings (SSSR count). The fourth-order valence-corrected chi connectivity index (χ4v) is 0.862. The lowest BCUT2D eigenvalue weighted by atomic mass is 10.1. The molecule has 3 nitrogen and oxygen atoms in total. The fraction of sp³-hybridized carbons (Fsp3) is 0.125. The smallest absolute Gasteiger partial charge is 0.181 e. The Morgan fingerprint density at radius 3 is 2.75 bits per heavy atom. The minimum absolute atomic E-state index is 0.0311. The van der Waals surface area contributed by atoms with Crippen molar-refractivity contribution in [2.45, 2.75) is 6.17 Å². The Morgan fingerprint density at radius 1 is 1.58 bits per heavy atom. The molecule has 0 aliphatic carbocycles. The van der Waals surface area contributed by atoms with Gasteiger partial charge in [0.05, 0.1) is 0 Å². The Morgan fingerprint density at radius 2 is 2.25 bits per heavy atom. The van der Waals surface area contributed by atoms with Crippen LogP contribution in [0, 0.1) is 5.41 Å². The lowest BCUT2D eigenvalue weighted by Gasteiger charge is -2.05. The first-order chi connectivity index (χ1) is 5.61. The van der Waals surface area contributed by atoms with Gasteiger partial charge in [-0.2, -0.15) is 0 Å². The maximum atomic E-state index is 13.0. The number of benzene rings is 1. The van der Waals surface area contributed by atoms with E-state index in [1.165, 1.54) is 24.3 Å². The van der Waals surface area contributed by atoms with Crippen LogP contribution < -0.4 is 5.73 Å². The molecule has 0 heterocycles. The highest BCUT2D eigenvalue weighted by Gasteiger charge is 2.12. The number of hydrogen-bond donors (Lipinski definition) is 3. The summed E-state index contributed by atoms with van der Waals surface area (Å²) in [5.74, 6) is -0.586. The largest absolute Gasteiger partial charge is 0.508 e. The Hall–Kier alpha value is -1.58. The van der Waals surface area contributed by atoms with Gasteiger partial charge in [0.1, 0.15) is 11.6 Å². The zero-order valence-electron chi connectivity index (χ0n) is 6.29. The minimum Gasteiger partial charge on any atom is -0.508 e. The van der Waals surface area contributed by atoms with Gasteiger partial charge >= 0.3 is 0 Å². The Labute approximate surface area is 69.1 Å². The zero-order valence-corrected chi connectivity index (χ0v) is 6.29. The summed E-state index contributed by atoms with van der Waals surface area (Å²) in [7, 11) is 0. The SMILES string of the molecule is N=C(N)C(F)c1cccc(O)c1. The van der Waals surface area contributed by atoms with Gasteiger partial charge in [0, 0.05) is 0 Å². The van der Waals surface area contributed by atoms with Gasteiger partial charge in [-0.05, 0) is 17.7 Å². The molecule has 1 atom stereocenters. The van der Waals surface area contributed by atoms with Crippen molar-refractivity contribution in [3.63, 3.8) is 0 Å². The molecule has 0 saturated carbocycles. The number of phenolic OH excluding ortho intramolecular Hbond substituents is 1. The maximum absolute atomic E-state index is 13.0. The summed E-state index contributed by atoms with van der Waals surface area (Å²) in [5.41, 5.74) is 5.14. The van der Waals surface area contributed by atoms with Gasteiger partial charge in [0.15, 0.2) is 6.17 Å². The van der Waals surface area contributed by atoms with E-state index in [0.29, 0.717) is 0 Å². The second kappa shape index (κ2) is 3.21. The van der Waals surface area contributed by atoms with Crippen molar-refractivity contribution in [1.82, 2.24) is 0 Å². The van der Waals surface area contributed by atoms with E-state index in [4.69, 9.17) is 16.2 Å². The molecule has 12 heavy (non-hydrogen) atoms. The van der Waals surface area contributed by atoms with Crippen molar-refractivity contribution in [2.24, 2.45) is 5.73 Å². The molecule has 1 aromatic rings. The Bertz CT molecular complexity index is 301.